The van der Waals surface area contributed by atoms with E-state index in [4.69, 9.17) is 0 Å². The molecule has 0 saturated heterocycles. The van der Waals surface area contributed by atoms with E-state index in [0.29, 0.717) is 5.69 Å². The Labute approximate surface area is 93.9 Å². The van der Waals surface area contributed by atoms with Gasteiger partial charge in [0.25, 0.3) is 0 Å². The molecule has 0 saturated carbocycles. The van der Waals surface area contributed by atoms with E-state index in [1.807, 2.05) is 19.9 Å². The molecule has 1 aromatic heterocycles. The Balaban J connectivity index is 2.51. The average molecular weight is 219 g/mol. The first-order chi connectivity index (χ1) is 7.72. The number of para-hydroxylation sites is 1. The number of anilines is 1. The lowest BCUT2D eigenvalue weighted by Crippen LogP contribution is -2.07. The topological polar surface area (TPSA) is 29.9 Å². The molecule has 4 heteroatoms. The Kier molecular flexibility index (Phi) is 2.90. The molecule has 2 aromatic rings. The van der Waals surface area contributed by atoms with E-state index in [1.54, 1.807) is 22.9 Å². The summed E-state index contributed by atoms with van der Waals surface area (Å²) in [6, 6.07) is 8.51. The van der Waals surface area contributed by atoms with Crippen LogP contribution >= 0.6 is 0 Å². The van der Waals surface area contributed by atoms with Gasteiger partial charge in [0.05, 0.1) is 5.69 Å². The van der Waals surface area contributed by atoms with Crippen LogP contribution in [0.1, 0.15) is 12.6 Å². The van der Waals surface area contributed by atoms with Crippen molar-refractivity contribution in [2.45, 2.75) is 13.8 Å². The number of hydrogen-bond donors (Lipinski definition) is 1. The van der Waals surface area contributed by atoms with E-state index in [1.165, 1.54) is 6.07 Å². The predicted octanol–water partition coefficient (Wildman–Crippen LogP) is 2.75. The lowest BCUT2D eigenvalue weighted by molar-refractivity contribution is 0.611. The van der Waals surface area contributed by atoms with E-state index < -0.39 is 0 Å². The summed E-state index contributed by atoms with van der Waals surface area (Å²) in [7, 11) is 0. The molecule has 0 aliphatic heterocycles. The van der Waals surface area contributed by atoms with Gasteiger partial charge in [-0.1, -0.05) is 12.1 Å². The van der Waals surface area contributed by atoms with Gasteiger partial charge in [0.15, 0.2) is 0 Å². The number of nitrogens with zero attached hydrogens (tertiary/aromatic N) is 2. The second-order valence-electron chi connectivity index (χ2n) is 3.56. The van der Waals surface area contributed by atoms with Crippen molar-refractivity contribution in [3.63, 3.8) is 0 Å². The van der Waals surface area contributed by atoms with Gasteiger partial charge in [-0.25, -0.2) is 9.07 Å². The molecule has 0 spiro atoms. The van der Waals surface area contributed by atoms with Crippen LogP contribution in [0.15, 0.2) is 30.3 Å². The summed E-state index contributed by atoms with van der Waals surface area (Å²) in [5.74, 6) is 0.537. The van der Waals surface area contributed by atoms with Gasteiger partial charge in [0.2, 0.25) is 0 Å². The van der Waals surface area contributed by atoms with Crippen molar-refractivity contribution in [1.82, 2.24) is 9.78 Å². The molecular formula is C12H14FN3. The van der Waals surface area contributed by atoms with E-state index in [0.717, 1.165) is 18.1 Å². The van der Waals surface area contributed by atoms with Crippen LogP contribution in [-0.4, -0.2) is 16.3 Å². The van der Waals surface area contributed by atoms with Crippen LogP contribution in [0.4, 0.5) is 10.2 Å². The number of nitrogens with one attached hydrogen (secondary N) is 1. The fourth-order valence-corrected chi connectivity index (χ4v) is 1.61. The minimum Gasteiger partial charge on any atom is -0.370 e. The molecule has 1 heterocycles. The molecule has 16 heavy (non-hydrogen) atoms. The zero-order valence-electron chi connectivity index (χ0n) is 9.37. The van der Waals surface area contributed by atoms with Crippen LogP contribution in [0, 0.1) is 12.7 Å². The van der Waals surface area contributed by atoms with Crippen molar-refractivity contribution in [2.75, 3.05) is 11.9 Å². The third kappa shape index (κ3) is 1.91. The molecule has 84 valence electrons. The summed E-state index contributed by atoms with van der Waals surface area (Å²) in [4.78, 5) is 0. The van der Waals surface area contributed by atoms with E-state index in [9.17, 15) is 4.39 Å². The molecule has 3 nitrogen and oxygen atoms in total. The highest BCUT2D eigenvalue weighted by Crippen LogP contribution is 2.19. The average Bonchev–Trinajstić information content (AvgIpc) is 2.61. The van der Waals surface area contributed by atoms with Gasteiger partial charge in [-0.15, -0.1) is 0 Å². The van der Waals surface area contributed by atoms with E-state index >= 15 is 0 Å². The summed E-state index contributed by atoms with van der Waals surface area (Å²) >= 11 is 0. The van der Waals surface area contributed by atoms with E-state index in [-0.39, 0.29) is 5.82 Å². The third-order valence-electron chi connectivity index (χ3n) is 2.27. The highest BCUT2D eigenvalue weighted by molar-refractivity contribution is 5.46. The lowest BCUT2D eigenvalue weighted by atomic mass is 10.3. The quantitative estimate of drug-likeness (QED) is 0.860. The highest BCUT2D eigenvalue weighted by Gasteiger charge is 2.09. The zero-order valence-corrected chi connectivity index (χ0v) is 9.37. The van der Waals surface area contributed by atoms with Gasteiger partial charge in [-0.3, -0.25) is 0 Å². The van der Waals surface area contributed by atoms with E-state index in [2.05, 4.69) is 10.4 Å². The van der Waals surface area contributed by atoms with Crippen molar-refractivity contribution in [1.29, 1.82) is 0 Å². The molecule has 0 bridgehead atoms. The Morgan fingerprint density at radius 2 is 2.12 bits per heavy atom. The smallest absolute Gasteiger partial charge is 0.148 e. The van der Waals surface area contributed by atoms with Crippen LogP contribution in [0.5, 0.6) is 0 Å². The first-order valence-corrected chi connectivity index (χ1v) is 5.28. The Bertz CT molecular complexity index is 491. The van der Waals surface area contributed by atoms with Crippen molar-refractivity contribution >= 4 is 5.82 Å². The summed E-state index contributed by atoms with van der Waals surface area (Å²) in [6.45, 7) is 4.66. The number of rotatable bonds is 3. The first kappa shape index (κ1) is 10.7. The predicted molar refractivity (Wildman–Crippen MR) is 62.4 cm³/mol. The molecule has 0 atom stereocenters. The second-order valence-corrected chi connectivity index (χ2v) is 3.56. The molecule has 0 amide bonds. The van der Waals surface area contributed by atoms with Gasteiger partial charge in [0.1, 0.15) is 17.3 Å². The Hall–Kier alpha value is -1.84. The second kappa shape index (κ2) is 4.35. The van der Waals surface area contributed by atoms with Crippen molar-refractivity contribution in [2.24, 2.45) is 0 Å². The number of aryl methyl sites for hydroxylation is 1. The largest absolute Gasteiger partial charge is 0.370 e. The molecule has 2 rings (SSSR count). The zero-order chi connectivity index (χ0) is 11.5. The maximum atomic E-state index is 13.6. The van der Waals surface area contributed by atoms with Crippen LogP contribution in [-0.2, 0) is 0 Å². The van der Waals surface area contributed by atoms with Crippen LogP contribution in [0.2, 0.25) is 0 Å². The van der Waals surface area contributed by atoms with Gasteiger partial charge in [0, 0.05) is 12.6 Å². The maximum absolute atomic E-state index is 13.6. The maximum Gasteiger partial charge on any atom is 0.148 e. The monoisotopic (exact) mass is 219 g/mol. The van der Waals surface area contributed by atoms with Gasteiger partial charge < -0.3 is 5.32 Å². The molecular weight excluding hydrogens is 205 g/mol. The minimum absolute atomic E-state index is 0.273. The van der Waals surface area contributed by atoms with Crippen molar-refractivity contribution in [3.8, 4) is 5.69 Å². The fourth-order valence-electron chi connectivity index (χ4n) is 1.61. The summed E-state index contributed by atoms with van der Waals surface area (Å²) in [6.07, 6.45) is 0. The van der Waals surface area contributed by atoms with Crippen LogP contribution in [0.25, 0.3) is 5.69 Å². The fraction of sp³-hybridized carbons (Fsp3) is 0.250. The number of aromatic nitrogens is 2. The molecule has 0 aliphatic carbocycles. The molecule has 0 aliphatic rings. The van der Waals surface area contributed by atoms with Crippen LogP contribution < -0.4 is 5.32 Å². The first-order valence-electron chi connectivity index (χ1n) is 5.28. The van der Waals surface area contributed by atoms with Crippen molar-refractivity contribution in [3.05, 3.63) is 41.8 Å². The van der Waals surface area contributed by atoms with Crippen molar-refractivity contribution < 1.29 is 4.39 Å². The normalized spacial score (nSPS) is 10.4. The minimum atomic E-state index is -0.273. The summed E-state index contributed by atoms with van der Waals surface area (Å²) in [5, 5.41) is 7.43. The third-order valence-corrected chi connectivity index (χ3v) is 2.27. The number of hydrogen-bond acceptors (Lipinski definition) is 2. The SMILES string of the molecule is CCNc1cc(C)nn1-c1ccccc1F. The molecule has 1 aromatic carbocycles. The summed E-state index contributed by atoms with van der Waals surface area (Å²) in [5.41, 5.74) is 1.32. The van der Waals surface area contributed by atoms with Gasteiger partial charge in [-0.05, 0) is 26.0 Å². The number of halogens is 1. The van der Waals surface area contributed by atoms with Gasteiger partial charge >= 0.3 is 0 Å². The van der Waals surface area contributed by atoms with Crippen LogP contribution in [0.3, 0.4) is 0 Å². The molecule has 0 fully saturated rings. The number of benzene rings is 1. The lowest BCUT2D eigenvalue weighted by Gasteiger charge is -2.08. The Morgan fingerprint density at radius 3 is 2.81 bits per heavy atom. The standard InChI is InChI=1S/C12H14FN3/c1-3-14-12-8-9(2)15-16(12)11-7-5-4-6-10(11)13/h4-8,14H,3H2,1-2H3. The molecule has 0 unspecified atom stereocenters. The molecule has 1 N–H and O–H groups in total. The summed E-state index contributed by atoms with van der Waals surface area (Å²) < 4.78 is 15.2. The molecule has 0 radical (unpaired) electrons. The van der Waals surface area contributed by atoms with Gasteiger partial charge in [-0.2, -0.15) is 5.10 Å². The Morgan fingerprint density at radius 1 is 1.38 bits per heavy atom. The highest BCUT2D eigenvalue weighted by atomic mass is 19.1.